The molecule has 0 N–H and O–H groups in total. The van der Waals surface area contributed by atoms with Crippen LogP contribution in [0.2, 0.25) is 0 Å². The fourth-order valence-corrected chi connectivity index (χ4v) is 6.87. The average Bonchev–Trinajstić information content (AvgIpc) is 3.50. The molecule has 6 aromatic rings. The Hall–Kier alpha value is -5.32. The fraction of sp³-hybridized carbons (Fsp3) is 0.282. The summed E-state index contributed by atoms with van der Waals surface area (Å²) in [6, 6.07) is 33.7. The lowest BCUT2D eigenvalue weighted by atomic mass is 9.77. The highest BCUT2D eigenvalue weighted by atomic mass is 19.4. The predicted molar refractivity (Wildman–Crippen MR) is 184 cm³/mol. The summed E-state index contributed by atoms with van der Waals surface area (Å²) in [5.74, 6) is 0.228. The number of hydrogen-bond acceptors (Lipinski definition) is 5. The summed E-state index contributed by atoms with van der Waals surface area (Å²) in [5, 5.41) is 5.23. The number of rotatable bonds is 7. The van der Waals surface area contributed by atoms with Crippen molar-refractivity contribution in [1.29, 1.82) is 0 Å². The van der Waals surface area contributed by atoms with E-state index in [-0.39, 0.29) is 28.9 Å². The second-order valence-corrected chi connectivity index (χ2v) is 12.5. The van der Waals surface area contributed by atoms with Gasteiger partial charge in [-0.3, -0.25) is 4.79 Å². The van der Waals surface area contributed by atoms with Crippen LogP contribution in [-0.2, 0) is 12.6 Å². The largest absolute Gasteiger partial charge is 0.472 e. The van der Waals surface area contributed by atoms with Crippen molar-refractivity contribution in [2.45, 2.75) is 57.9 Å². The smallest absolute Gasteiger partial charge is 0.379 e. The number of alkyl halides is 3. The molecule has 0 atom stereocenters. The van der Waals surface area contributed by atoms with Crippen LogP contribution in [0.15, 0.2) is 108 Å². The molecule has 1 fully saturated rings. The minimum Gasteiger partial charge on any atom is -0.472 e. The number of aromatic nitrogens is 5. The number of halogens is 4. The third kappa shape index (κ3) is 6.64. The van der Waals surface area contributed by atoms with Crippen LogP contribution < -0.4 is 10.3 Å². The third-order valence-corrected chi connectivity index (χ3v) is 9.24. The van der Waals surface area contributed by atoms with E-state index in [0.717, 1.165) is 42.4 Å². The van der Waals surface area contributed by atoms with Crippen LogP contribution in [0.5, 0.6) is 5.88 Å². The molecule has 1 saturated carbocycles. The molecule has 0 aliphatic heterocycles. The molecule has 7 nitrogen and oxygen atoms in total. The van der Waals surface area contributed by atoms with Crippen LogP contribution in [0.1, 0.15) is 55.1 Å². The highest BCUT2D eigenvalue weighted by molar-refractivity contribution is 5.90. The molecule has 0 unspecified atom stereocenters. The van der Waals surface area contributed by atoms with Gasteiger partial charge in [-0.25, -0.2) is 9.67 Å². The van der Waals surface area contributed by atoms with Crippen LogP contribution in [0.4, 0.5) is 17.6 Å². The van der Waals surface area contributed by atoms with Crippen molar-refractivity contribution in [1.82, 2.24) is 24.3 Å². The van der Waals surface area contributed by atoms with Crippen molar-refractivity contribution in [3.8, 4) is 17.3 Å². The minimum absolute atomic E-state index is 0.000266. The summed E-state index contributed by atoms with van der Waals surface area (Å²) in [6.45, 7) is 0.287. The lowest BCUT2D eigenvalue weighted by Crippen LogP contribution is -2.38. The Morgan fingerprint density at radius 3 is 1.76 bits per heavy atom. The first-order valence-corrected chi connectivity index (χ1v) is 16.5. The van der Waals surface area contributed by atoms with E-state index >= 15 is 4.39 Å². The first-order chi connectivity index (χ1) is 24.1. The maximum absolute atomic E-state index is 16.6. The molecule has 1 aliphatic carbocycles. The zero-order chi connectivity index (χ0) is 35.4. The van der Waals surface area contributed by atoms with Gasteiger partial charge >= 0.3 is 6.68 Å². The topological polar surface area (TPSA) is 74.8 Å². The van der Waals surface area contributed by atoms with Crippen molar-refractivity contribution in [2.24, 2.45) is 13.0 Å². The number of nitrogens with zero attached hydrogens (tertiary/aromatic N) is 5. The van der Waals surface area contributed by atoms with E-state index in [1.807, 2.05) is 59.3 Å². The molecule has 1 aliphatic rings. The molecule has 0 bridgehead atoms. The van der Waals surface area contributed by atoms with Gasteiger partial charge in [-0.1, -0.05) is 97.9 Å². The summed E-state index contributed by atoms with van der Waals surface area (Å²) < 4.78 is 55.2. The lowest BCUT2D eigenvalue weighted by molar-refractivity contribution is 0.00819. The lowest BCUT2D eigenvalue weighted by Gasteiger charge is -2.37. The molecule has 11 heteroatoms. The van der Waals surface area contributed by atoms with Crippen LogP contribution in [-0.4, -0.2) is 37.1 Å². The molecule has 0 spiro atoms. The monoisotopic (exact) mass is 683 g/mol. The van der Waals surface area contributed by atoms with Crippen molar-refractivity contribution in [3.05, 3.63) is 142 Å². The van der Waals surface area contributed by atoms with Gasteiger partial charge in [0.05, 0.1) is 11.0 Å². The number of aryl methyl sites for hydroxylation is 2. The van der Waals surface area contributed by atoms with Gasteiger partial charge in [-0.2, -0.15) is 27.6 Å². The first-order valence-electron chi connectivity index (χ1n) is 16.5. The van der Waals surface area contributed by atoms with E-state index in [0.29, 0.717) is 22.8 Å². The summed E-state index contributed by atoms with van der Waals surface area (Å²) in [5.41, 5.74) is 2.98. The number of ether oxygens (including phenoxy) is 1. The second kappa shape index (κ2) is 14.7. The van der Waals surface area contributed by atoms with Crippen LogP contribution >= 0.6 is 0 Å². The highest BCUT2D eigenvalue weighted by Crippen LogP contribution is 2.44. The van der Waals surface area contributed by atoms with Gasteiger partial charge in [0.1, 0.15) is 28.9 Å². The molecule has 0 saturated heterocycles. The molecule has 0 amide bonds. The normalized spacial score (nSPS) is 16.2. The van der Waals surface area contributed by atoms with Crippen LogP contribution in [0.25, 0.3) is 22.4 Å². The van der Waals surface area contributed by atoms with E-state index in [1.54, 1.807) is 20.0 Å². The molecule has 3 aromatic carbocycles. The SMILES string of the molecule is Cc1nc(OC2CCC(C)CC2)c(F)c(-c2nn(C(c3ccccc3)(c3ccccc3)c3ccccc3)c3ccc(=O)n(C)c23)n1.FC(F)F. The van der Waals surface area contributed by atoms with Gasteiger partial charge in [0.2, 0.25) is 5.82 Å². The van der Waals surface area contributed by atoms with Gasteiger partial charge in [-0.05, 0) is 61.3 Å². The molecule has 0 radical (unpaired) electrons. The zero-order valence-corrected chi connectivity index (χ0v) is 27.9. The second-order valence-electron chi connectivity index (χ2n) is 12.5. The zero-order valence-electron chi connectivity index (χ0n) is 27.9. The predicted octanol–water partition coefficient (Wildman–Crippen LogP) is 8.62. The van der Waals surface area contributed by atoms with Crippen molar-refractivity contribution < 1.29 is 22.3 Å². The van der Waals surface area contributed by atoms with Gasteiger partial charge in [0.15, 0.2) is 0 Å². The van der Waals surface area contributed by atoms with E-state index < -0.39 is 18.0 Å². The molecule has 3 heterocycles. The molecular formula is C39H37F4N5O2. The van der Waals surface area contributed by atoms with E-state index in [1.165, 1.54) is 10.6 Å². The van der Waals surface area contributed by atoms with Crippen molar-refractivity contribution >= 4 is 11.0 Å². The van der Waals surface area contributed by atoms with Crippen LogP contribution in [0, 0.1) is 18.7 Å². The maximum Gasteiger partial charge on any atom is 0.379 e. The number of fused-ring (bicyclic) bond motifs is 1. The molecule has 7 rings (SSSR count). The Bertz CT molecular complexity index is 2010. The van der Waals surface area contributed by atoms with Gasteiger partial charge < -0.3 is 9.30 Å². The fourth-order valence-electron chi connectivity index (χ4n) is 6.87. The van der Waals surface area contributed by atoms with E-state index in [2.05, 4.69) is 53.3 Å². The molecule has 258 valence electrons. The standard InChI is InChI=1S/C38H36FN5O2.CHF3/c1-25-19-21-30(22-20-25)46-37-33(39)34(40-26(2)41-37)35-36-31(23-24-32(45)43(36)3)44(42-35)38(27-13-7-4-8-14-27,28-15-9-5-10-16-28)29-17-11-6-12-18-29;2-1(3)4/h4-18,23-25,30H,19-22H2,1-3H3;1H. The Balaban J connectivity index is 0.00000103. The summed E-state index contributed by atoms with van der Waals surface area (Å²) in [6.07, 6.45) is 3.63. The number of hydrogen-bond donors (Lipinski definition) is 0. The Labute approximate surface area is 287 Å². The van der Waals surface area contributed by atoms with E-state index in [9.17, 15) is 18.0 Å². The van der Waals surface area contributed by atoms with Crippen LogP contribution in [0.3, 0.4) is 0 Å². The van der Waals surface area contributed by atoms with E-state index in [4.69, 9.17) is 9.84 Å². The average molecular weight is 684 g/mol. The number of benzene rings is 3. The highest BCUT2D eigenvalue weighted by Gasteiger charge is 2.42. The Morgan fingerprint density at radius 2 is 1.26 bits per heavy atom. The van der Waals surface area contributed by atoms with Crippen molar-refractivity contribution in [2.75, 3.05) is 0 Å². The van der Waals surface area contributed by atoms with Gasteiger partial charge in [0.25, 0.3) is 11.4 Å². The van der Waals surface area contributed by atoms with Gasteiger partial charge in [-0.15, -0.1) is 0 Å². The summed E-state index contributed by atoms with van der Waals surface area (Å²) in [4.78, 5) is 22.1. The first kappa shape index (κ1) is 34.5. The molecule has 50 heavy (non-hydrogen) atoms. The minimum atomic E-state index is -3.67. The number of pyridine rings is 1. The molecular weight excluding hydrogens is 646 g/mol. The third-order valence-electron chi connectivity index (χ3n) is 9.24. The Kier molecular flexibility index (Phi) is 10.1. The molecule has 3 aromatic heterocycles. The quantitative estimate of drug-likeness (QED) is 0.124. The van der Waals surface area contributed by atoms with Crippen molar-refractivity contribution in [3.63, 3.8) is 0 Å². The Morgan fingerprint density at radius 1 is 0.760 bits per heavy atom. The maximum atomic E-state index is 16.6. The van der Waals surface area contributed by atoms with Gasteiger partial charge in [0, 0.05) is 13.1 Å². The summed E-state index contributed by atoms with van der Waals surface area (Å²) >= 11 is 0. The summed E-state index contributed by atoms with van der Waals surface area (Å²) in [7, 11) is 1.68.